The number of aryl methyl sites for hydroxylation is 1. The number of fused-ring (bicyclic) bond motifs is 1. The zero-order valence-corrected chi connectivity index (χ0v) is 16.5. The van der Waals surface area contributed by atoms with Gasteiger partial charge in [-0.3, -0.25) is 4.79 Å². The van der Waals surface area contributed by atoms with E-state index in [1.807, 2.05) is 43.3 Å². The molecule has 1 aliphatic heterocycles. The lowest BCUT2D eigenvalue weighted by molar-refractivity contribution is -0.117. The summed E-state index contributed by atoms with van der Waals surface area (Å²) in [5.41, 5.74) is 3.98. The number of hydrogen-bond acceptors (Lipinski definition) is 3. The van der Waals surface area contributed by atoms with Crippen molar-refractivity contribution in [1.29, 1.82) is 0 Å². The molecule has 0 radical (unpaired) electrons. The number of aromatic nitrogens is 1. The van der Waals surface area contributed by atoms with Crippen LogP contribution in [0.1, 0.15) is 17.7 Å². The van der Waals surface area contributed by atoms with Crippen molar-refractivity contribution in [1.82, 2.24) is 15.6 Å². The average molecular weight is 392 g/mol. The van der Waals surface area contributed by atoms with Crippen molar-refractivity contribution in [2.75, 3.05) is 18.6 Å². The molecule has 1 atom stereocenters. The second kappa shape index (κ2) is 7.87. The molecule has 1 aromatic heterocycles. The van der Waals surface area contributed by atoms with Crippen LogP contribution in [0.2, 0.25) is 0 Å². The van der Waals surface area contributed by atoms with Crippen LogP contribution >= 0.6 is 0 Å². The third-order valence-corrected chi connectivity index (χ3v) is 5.10. The number of methoxy groups -OCH3 is 1. The molecule has 3 N–H and O–H groups in total. The van der Waals surface area contributed by atoms with Gasteiger partial charge in [-0.1, -0.05) is 12.1 Å². The molecule has 3 amide bonds. The van der Waals surface area contributed by atoms with Crippen LogP contribution in [0.15, 0.2) is 48.5 Å². The third kappa shape index (κ3) is 4.18. The predicted octanol–water partition coefficient (Wildman–Crippen LogP) is 3.09. The number of urea groups is 1. The maximum absolute atomic E-state index is 12.4. The van der Waals surface area contributed by atoms with E-state index in [0.717, 1.165) is 27.8 Å². The number of rotatable bonds is 5. The number of nitrogens with one attached hydrogen (secondary N) is 3. The van der Waals surface area contributed by atoms with Gasteiger partial charge in [-0.25, -0.2) is 4.79 Å². The van der Waals surface area contributed by atoms with E-state index in [9.17, 15) is 9.59 Å². The SMILES string of the molecule is COc1cccc(N2C[C@@H](NC(=O)NCc3ccc4[nH]c(C)cc4c3)CC2=O)c1. The van der Waals surface area contributed by atoms with Gasteiger partial charge in [0, 0.05) is 42.5 Å². The van der Waals surface area contributed by atoms with Crippen molar-refractivity contribution in [2.24, 2.45) is 0 Å². The number of carbonyl (C=O) groups is 2. The minimum absolute atomic E-state index is 0.0168. The fourth-order valence-electron chi connectivity index (χ4n) is 3.69. The zero-order valence-electron chi connectivity index (χ0n) is 16.5. The van der Waals surface area contributed by atoms with Gasteiger partial charge in [0.15, 0.2) is 0 Å². The molecule has 1 aliphatic rings. The van der Waals surface area contributed by atoms with Crippen LogP contribution in [0, 0.1) is 6.92 Å². The minimum atomic E-state index is -0.277. The second-order valence-corrected chi connectivity index (χ2v) is 7.31. The van der Waals surface area contributed by atoms with Crippen LogP contribution < -0.4 is 20.3 Å². The lowest BCUT2D eigenvalue weighted by atomic mass is 10.1. The topological polar surface area (TPSA) is 86.5 Å². The van der Waals surface area contributed by atoms with E-state index in [-0.39, 0.29) is 24.4 Å². The fourth-order valence-corrected chi connectivity index (χ4v) is 3.69. The second-order valence-electron chi connectivity index (χ2n) is 7.31. The number of hydrogen-bond donors (Lipinski definition) is 3. The molecule has 3 aromatic rings. The van der Waals surface area contributed by atoms with E-state index in [4.69, 9.17) is 4.74 Å². The molecule has 150 valence electrons. The molecule has 0 aliphatic carbocycles. The average Bonchev–Trinajstić information content (AvgIpc) is 3.27. The Balaban J connectivity index is 1.33. The first-order chi connectivity index (χ1) is 14.0. The quantitative estimate of drug-likeness (QED) is 0.624. The van der Waals surface area contributed by atoms with Gasteiger partial charge in [0.25, 0.3) is 0 Å². The molecule has 1 saturated heterocycles. The number of amides is 3. The molecular formula is C22H24N4O3. The molecule has 0 bridgehead atoms. The lowest BCUT2D eigenvalue weighted by Gasteiger charge is -2.18. The predicted molar refractivity (Wildman–Crippen MR) is 112 cm³/mol. The summed E-state index contributed by atoms with van der Waals surface area (Å²) in [6.07, 6.45) is 0.277. The van der Waals surface area contributed by atoms with E-state index in [1.165, 1.54) is 0 Å². The van der Waals surface area contributed by atoms with Gasteiger partial charge in [-0.2, -0.15) is 0 Å². The summed E-state index contributed by atoms with van der Waals surface area (Å²) < 4.78 is 5.22. The molecule has 2 heterocycles. The summed E-state index contributed by atoms with van der Waals surface area (Å²) in [4.78, 5) is 29.7. The van der Waals surface area contributed by atoms with Crippen LogP contribution in [0.4, 0.5) is 10.5 Å². The molecule has 0 saturated carbocycles. The molecule has 1 fully saturated rings. The number of anilines is 1. The molecular weight excluding hydrogens is 368 g/mol. The number of ether oxygens (including phenoxy) is 1. The normalized spacial score (nSPS) is 16.3. The largest absolute Gasteiger partial charge is 0.497 e. The molecule has 2 aromatic carbocycles. The van der Waals surface area contributed by atoms with Crippen molar-refractivity contribution in [3.8, 4) is 5.75 Å². The first-order valence-corrected chi connectivity index (χ1v) is 9.59. The van der Waals surface area contributed by atoms with Gasteiger partial charge in [0.1, 0.15) is 5.75 Å². The standard InChI is InChI=1S/C22H24N4O3/c1-14-8-16-9-15(6-7-20(16)24-14)12-23-22(28)25-17-10-21(27)26(13-17)18-4-3-5-19(11-18)29-2/h3-9,11,17,24H,10,12-13H2,1-2H3,(H2,23,25,28)/t17-/m0/s1. The van der Waals surface area contributed by atoms with Crippen LogP contribution in [0.25, 0.3) is 10.9 Å². The van der Waals surface area contributed by atoms with Crippen molar-refractivity contribution in [2.45, 2.75) is 25.9 Å². The maximum Gasteiger partial charge on any atom is 0.315 e. The van der Waals surface area contributed by atoms with E-state index in [2.05, 4.69) is 27.8 Å². The van der Waals surface area contributed by atoms with E-state index < -0.39 is 0 Å². The van der Waals surface area contributed by atoms with Gasteiger partial charge < -0.3 is 25.3 Å². The Morgan fingerprint density at radius 2 is 2.10 bits per heavy atom. The minimum Gasteiger partial charge on any atom is -0.497 e. The molecule has 29 heavy (non-hydrogen) atoms. The lowest BCUT2D eigenvalue weighted by Crippen LogP contribution is -2.43. The van der Waals surface area contributed by atoms with Crippen molar-refractivity contribution >= 4 is 28.5 Å². The molecule has 7 nitrogen and oxygen atoms in total. The summed E-state index contributed by atoms with van der Waals surface area (Å²) in [6.45, 7) is 2.88. The molecule has 0 spiro atoms. The van der Waals surface area contributed by atoms with E-state index in [1.54, 1.807) is 12.0 Å². The number of aromatic amines is 1. The van der Waals surface area contributed by atoms with Crippen molar-refractivity contribution in [3.05, 3.63) is 59.8 Å². The van der Waals surface area contributed by atoms with Gasteiger partial charge >= 0.3 is 6.03 Å². The van der Waals surface area contributed by atoms with Crippen LogP contribution in [0.3, 0.4) is 0 Å². The number of nitrogens with zero attached hydrogens (tertiary/aromatic N) is 1. The van der Waals surface area contributed by atoms with Crippen LogP contribution in [-0.2, 0) is 11.3 Å². The third-order valence-electron chi connectivity index (χ3n) is 5.10. The zero-order chi connectivity index (χ0) is 20.4. The highest BCUT2D eigenvalue weighted by Gasteiger charge is 2.31. The summed E-state index contributed by atoms with van der Waals surface area (Å²) in [7, 11) is 1.59. The monoisotopic (exact) mass is 392 g/mol. The number of benzene rings is 2. The molecule has 0 unspecified atom stereocenters. The summed E-state index contributed by atoms with van der Waals surface area (Å²) in [5, 5.41) is 6.90. The Morgan fingerprint density at radius 1 is 1.24 bits per heavy atom. The Morgan fingerprint density at radius 3 is 2.93 bits per heavy atom. The first-order valence-electron chi connectivity index (χ1n) is 9.59. The smallest absolute Gasteiger partial charge is 0.315 e. The first kappa shape index (κ1) is 18.9. The van der Waals surface area contributed by atoms with Gasteiger partial charge in [-0.05, 0) is 48.2 Å². The van der Waals surface area contributed by atoms with Crippen molar-refractivity contribution < 1.29 is 14.3 Å². The summed E-state index contributed by atoms with van der Waals surface area (Å²) >= 11 is 0. The van der Waals surface area contributed by atoms with Crippen LogP contribution in [0.5, 0.6) is 5.75 Å². The summed E-state index contributed by atoms with van der Waals surface area (Å²) in [6, 6.07) is 15.0. The van der Waals surface area contributed by atoms with Crippen LogP contribution in [-0.4, -0.2) is 36.6 Å². The van der Waals surface area contributed by atoms with E-state index >= 15 is 0 Å². The highest BCUT2D eigenvalue weighted by Crippen LogP contribution is 2.25. The Bertz CT molecular complexity index is 1060. The van der Waals surface area contributed by atoms with Crippen molar-refractivity contribution in [3.63, 3.8) is 0 Å². The highest BCUT2D eigenvalue weighted by atomic mass is 16.5. The molecule has 7 heteroatoms. The number of carbonyl (C=O) groups excluding carboxylic acids is 2. The maximum atomic E-state index is 12.4. The number of H-pyrrole nitrogens is 1. The Kier molecular flexibility index (Phi) is 5.12. The van der Waals surface area contributed by atoms with E-state index in [0.29, 0.717) is 18.8 Å². The van der Waals surface area contributed by atoms with Gasteiger partial charge in [-0.15, -0.1) is 0 Å². The molecule has 4 rings (SSSR count). The van der Waals surface area contributed by atoms with Gasteiger partial charge in [0.05, 0.1) is 13.2 Å². The fraction of sp³-hybridized carbons (Fsp3) is 0.273. The van der Waals surface area contributed by atoms with Gasteiger partial charge in [0.2, 0.25) is 5.91 Å². The summed E-state index contributed by atoms with van der Waals surface area (Å²) in [5.74, 6) is 0.677. The Hall–Kier alpha value is -3.48. The highest BCUT2D eigenvalue weighted by molar-refractivity contribution is 5.97. The Labute approximate surface area is 169 Å².